The number of hydrogen-bond donors (Lipinski definition) is 1. The Hall–Kier alpha value is -2.62. The monoisotopic (exact) mass is 252 g/mol. The molecule has 0 bridgehead atoms. The molecule has 19 heavy (non-hydrogen) atoms. The van der Waals surface area contributed by atoms with Gasteiger partial charge in [-0.15, -0.1) is 0 Å². The number of benzene rings is 1. The van der Waals surface area contributed by atoms with Gasteiger partial charge in [-0.1, -0.05) is 23.8 Å². The van der Waals surface area contributed by atoms with Crippen LogP contribution in [0.15, 0.2) is 53.1 Å². The van der Waals surface area contributed by atoms with E-state index in [0.717, 1.165) is 11.1 Å². The average Bonchev–Trinajstić information content (AvgIpc) is 2.83. The normalized spacial score (nSPS) is 10.6. The highest BCUT2D eigenvalue weighted by Gasteiger charge is 2.16. The molecule has 1 aromatic carbocycles. The zero-order valence-electron chi connectivity index (χ0n) is 10.4. The molecule has 0 saturated heterocycles. The molecule has 1 N–H and O–H groups in total. The zero-order valence-corrected chi connectivity index (χ0v) is 10.4. The summed E-state index contributed by atoms with van der Waals surface area (Å²) in [5.74, 6) is 0.174. The lowest BCUT2D eigenvalue weighted by Crippen LogP contribution is -1.83. The Labute approximate surface area is 110 Å². The van der Waals surface area contributed by atoms with Gasteiger partial charge in [0.2, 0.25) is 5.89 Å². The van der Waals surface area contributed by atoms with E-state index in [1.165, 1.54) is 0 Å². The van der Waals surface area contributed by atoms with Crippen LogP contribution >= 0.6 is 0 Å². The van der Waals surface area contributed by atoms with Gasteiger partial charge in [0.05, 0.1) is 5.69 Å². The summed E-state index contributed by atoms with van der Waals surface area (Å²) in [6.45, 7) is 2.01. The van der Waals surface area contributed by atoms with Gasteiger partial charge in [-0.05, 0) is 31.2 Å². The molecule has 0 radical (unpaired) electrons. The SMILES string of the molecule is Cc1ccc(-c2nc(-c3ccccn3)c(O)o2)cc1. The van der Waals surface area contributed by atoms with Crippen molar-refractivity contribution in [2.24, 2.45) is 0 Å². The second-order valence-corrected chi connectivity index (χ2v) is 4.25. The maximum absolute atomic E-state index is 9.83. The number of nitrogens with zero attached hydrogens (tertiary/aromatic N) is 2. The molecule has 3 rings (SSSR count). The fraction of sp³-hybridized carbons (Fsp3) is 0.0667. The Kier molecular flexibility index (Phi) is 2.76. The topological polar surface area (TPSA) is 59.2 Å². The summed E-state index contributed by atoms with van der Waals surface area (Å²) in [5, 5.41) is 9.83. The molecule has 94 valence electrons. The van der Waals surface area contributed by atoms with Crippen molar-refractivity contribution in [1.29, 1.82) is 0 Å². The third kappa shape index (κ3) is 2.20. The summed E-state index contributed by atoms with van der Waals surface area (Å²) in [6, 6.07) is 13.2. The lowest BCUT2D eigenvalue weighted by atomic mass is 10.1. The first-order valence-corrected chi connectivity index (χ1v) is 5.92. The second-order valence-electron chi connectivity index (χ2n) is 4.25. The van der Waals surface area contributed by atoms with Crippen molar-refractivity contribution in [3.05, 3.63) is 54.2 Å². The first-order chi connectivity index (χ1) is 9.24. The van der Waals surface area contributed by atoms with Gasteiger partial charge in [-0.3, -0.25) is 4.98 Å². The predicted octanol–water partition coefficient (Wildman–Crippen LogP) is 3.42. The quantitative estimate of drug-likeness (QED) is 0.759. The van der Waals surface area contributed by atoms with Crippen LogP contribution in [0.5, 0.6) is 5.95 Å². The fourth-order valence-electron chi connectivity index (χ4n) is 1.80. The molecule has 0 spiro atoms. The number of aryl methyl sites for hydroxylation is 1. The maximum atomic E-state index is 9.83. The van der Waals surface area contributed by atoms with Crippen LogP contribution in [0.3, 0.4) is 0 Å². The van der Waals surface area contributed by atoms with Crippen molar-refractivity contribution in [2.45, 2.75) is 6.92 Å². The molecule has 0 saturated carbocycles. The molecule has 4 nitrogen and oxygen atoms in total. The minimum absolute atomic E-state index is 0.214. The van der Waals surface area contributed by atoms with Gasteiger partial charge in [0, 0.05) is 11.8 Å². The lowest BCUT2D eigenvalue weighted by Gasteiger charge is -1.95. The van der Waals surface area contributed by atoms with Crippen LogP contribution in [0.25, 0.3) is 22.8 Å². The van der Waals surface area contributed by atoms with E-state index in [1.54, 1.807) is 12.3 Å². The van der Waals surface area contributed by atoms with Crippen molar-refractivity contribution in [1.82, 2.24) is 9.97 Å². The molecule has 0 amide bonds. The van der Waals surface area contributed by atoms with Crippen LogP contribution in [0.1, 0.15) is 5.56 Å². The van der Waals surface area contributed by atoms with Crippen LogP contribution in [-0.2, 0) is 0 Å². The van der Waals surface area contributed by atoms with Gasteiger partial charge in [-0.25, -0.2) is 4.98 Å². The summed E-state index contributed by atoms with van der Waals surface area (Å²) < 4.78 is 5.30. The van der Waals surface area contributed by atoms with E-state index < -0.39 is 0 Å². The van der Waals surface area contributed by atoms with Crippen molar-refractivity contribution >= 4 is 0 Å². The highest BCUT2D eigenvalue weighted by molar-refractivity contribution is 5.64. The van der Waals surface area contributed by atoms with Crippen molar-refractivity contribution in [3.63, 3.8) is 0 Å². The van der Waals surface area contributed by atoms with Crippen molar-refractivity contribution < 1.29 is 9.52 Å². The van der Waals surface area contributed by atoms with E-state index in [0.29, 0.717) is 17.3 Å². The maximum Gasteiger partial charge on any atom is 0.313 e. The minimum Gasteiger partial charge on any atom is -0.479 e. The summed E-state index contributed by atoms with van der Waals surface area (Å²) in [4.78, 5) is 8.45. The first-order valence-electron chi connectivity index (χ1n) is 5.92. The number of oxazole rings is 1. The minimum atomic E-state index is -0.214. The molecular weight excluding hydrogens is 240 g/mol. The van der Waals surface area contributed by atoms with Gasteiger partial charge in [0.1, 0.15) is 0 Å². The van der Waals surface area contributed by atoms with Gasteiger partial charge in [0.15, 0.2) is 5.69 Å². The standard InChI is InChI=1S/C15H12N2O2/c1-10-5-7-11(8-6-10)14-17-13(15(18)19-14)12-4-2-3-9-16-12/h2-9,18H,1H3. The van der Waals surface area contributed by atoms with Crippen LogP contribution in [0, 0.1) is 6.92 Å². The van der Waals surface area contributed by atoms with E-state index in [9.17, 15) is 5.11 Å². The van der Waals surface area contributed by atoms with Crippen molar-refractivity contribution in [3.8, 4) is 28.8 Å². The first kappa shape index (κ1) is 11.5. The molecule has 0 fully saturated rings. The van der Waals surface area contributed by atoms with Crippen LogP contribution in [0.4, 0.5) is 0 Å². The summed E-state index contributed by atoms with van der Waals surface area (Å²) in [7, 11) is 0. The van der Waals surface area contributed by atoms with Crippen molar-refractivity contribution in [2.75, 3.05) is 0 Å². The Morgan fingerprint density at radius 3 is 2.53 bits per heavy atom. The van der Waals surface area contributed by atoms with Crippen LogP contribution in [-0.4, -0.2) is 15.1 Å². The molecular formula is C15H12N2O2. The third-order valence-corrected chi connectivity index (χ3v) is 2.82. The molecule has 3 aromatic rings. The number of aromatic hydroxyl groups is 1. The van der Waals surface area contributed by atoms with E-state index in [1.807, 2.05) is 43.3 Å². The predicted molar refractivity (Wildman–Crippen MR) is 71.6 cm³/mol. The number of aromatic nitrogens is 2. The Bertz CT molecular complexity index is 688. The molecule has 2 aromatic heterocycles. The van der Waals surface area contributed by atoms with E-state index in [2.05, 4.69) is 9.97 Å². The lowest BCUT2D eigenvalue weighted by molar-refractivity contribution is 0.339. The molecule has 0 aliphatic carbocycles. The van der Waals surface area contributed by atoms with Crippen LogP contribution < -0.4 is 0 Å². The highest BCUT2D eigenvalue weighted by atomic mass is 16.5. The molecule has 2 heterocycles. The van der Waals surface area contributed by atoms with Gasteiger partial charge < -0.3 is 9.52 Å². The summed E-state index contributed by atoms with van der Waals surface area (Å²) in [6.07, 6.45) is 1.65. The average molecular weight is 252 g/mol. The molecule has 0 unspecified atom stereocenters. The fourth-order valence-corrected chi connectivity index (χ4v) is 1.80. The molecule has 0 aliphatic rings. The van der Waals surface area contributed by atoms with Gasteiger partial charge >= 0.3 is 5.95 Å². The summed E-state index contributed by atoms with van der Waals surface area (Å²) in [5.41, 5.74) is 2.92. The summed E-state index contributed by atoms with van der Waals surface area (Å²) >= 11 is 0. The molecule has 0 aliphatic heterocycles. The second kappa shape index (κ2) is 4.57. The van der Waals surface area contributed by atoms with Crippen LogP contribution in [0.2, 0.25) is 0 Å². The third-order valence-electron chi connectivity index (χ3n) is 2.82. The zero-order chi connectivity index (χ0) is 13.2. The molecule has 0 atom stereocenters. The van der Waals surface area contributed by atoms with E-state index in [4.69, 9.17) is 4.42 Å². The van der Waals surface area contributed by atoms with Gasteiger partial charge in [0.25, 0.3) is 0 Å². The smallest absolute Gasteiger partial charge is 0.313 e. The number of rotatable bonds is 2. The van der Waals surface area contributed by atoms with E-state index >= 15 is 0 Å². The van der Waals surface area contributed by atoms with Gasteiger partial charge in [-0.2, -0.15) is 0 Å². The largest absolute Gasteiger partial charge is 0.479 e. The van der Waals surface area contributed by atoms with E-state index in [-0.39, 0.29) is 5.95 Å². The molecule has 4 heteroatoms. The number of hydrogen-bond acceptors (Lipinski definition) is 4. The Morgan fingerprint density at radius 1 is 1.05 bits per heavy atom. The number of pyridine rings is 1. The Balaban J connectivity index is 2.04. The Morgan fingerprint density at radius 2 is 1.84 bits per heavy atom. The highest BCUT2D eigenvalue weighted by Crippen LogP contribution is 2.32.